The third-order valence-electron chi connectivity index (χ3n) is 3.43. The van der Waals surface area contributed by atoms with Crippen molar-refractivity contribution in [2.75, 3.05) is 14.1 Å². The molecule has 3 rings (SSSR count). The highest BCUT2D eigenvalue weighted by molar-refractivity contribution is 9.05. The van der Waals surface area contributed by atoms with Gasteiger partial charge in [-0.25, -0.2) is 0 Å². The summed E-state index contributed by atoms with van der Waals surface area (Å²) in [4.78, 5) is 10.1. The van der Waals surface area contributed by atoms with Crippen LogP contribution in [0.5, 0.6) is 0 Å². The Labute approximate surface area is 139 Å². The Morgan fingerprint density at radius 2 is 1.78 bits per heavy atom. The molecule has 0 spiro atoms. The largest absolute Gasteiger partial charge is 0.416 e. The zero-order valence-electron chi connectivity index (χ0n) is 12.2. The van der Waals surface area contributed by atoms with E-state index in [4.69, 9.17) is 0 Å². The van der Waals surface area contributed by atoms with Gasteiger partial charge in [0.25, 0.3) is 22.0 Å². The molecular formula is C14H12BrF3N5+. The van der Waals surface area contributed by atoms with Crippen molar-refractivity contribution in [3.8, 4) is 0 Å². The van der Waals surface area contributed by atoms with Crippen LogP contribution in [0.25, 0.3) is 5.57 Å². The minimum absolute atomic E-state index is 0.146. The van der Waals surface area contributed by atoms with Crippen molar-refractivity contribution in [2.24, 2.45) is 15.1 Å². The Morgan fingerprint density at radius 3 is 2.35 bits per heavy atom. The molecule has 0 bridgehead atoms. The summed E-state index contributed by atoms with van der Waals surface area (Å²) in [7, 11) is 3.65. The molecule has 0 amide bonds. The second kappa shape index (κ2) is 5.27. The molecule has 5 nitrogen and oxygen atoms in total. The number of quaternary nitrogens is 1. The maximum absolute atomic E-state index is 12.7. The molecule has 2 aliphatic rings. The Balaban J connectivity index is 2.12. The smallest absolute Gasteiger partial charge is 0.330 e. The number of allylic oxidation sites excluding steroid dienone is 1. The molecule has 1 atom stereocenters. The van der Waals surface area contributed by atoms with Gasteiger partial charge in [-0.15, -0.1) is 0 Å². The van der Waals surface area contributed by atoms with Gasteiger partial charge in [0.15, 0.2) is 6.34 Å². The molecule has 0 fully saturated rings. The van der Waals surface area contributed by atoms with Gasteiger partial charge >= 0.3 is 12.1 Å². The van der Waals surface area contributed by atoms with Crippen molar-refractivity contribution < 1.29 is 16.8 Å². The van der Waals surface area contributed by atoms with Crippen LogP contribution >= 0.6 is 16.1 Å². The summed E-state index contributed by atoms with van der Waals surface area (Å²) in [5.41, 5.74) is 0.590. The van der Waals surface area contributed by atoms with Crippen molar-refractivity contribution in [1.29, 1.82) is 0 Å². The topological polar surface area (TPSA) is 40.3 Å². The van der Waals surface area contributed by atoms with E-state index in [1.165, 1.54) is 18.5 Å². The van der Waals surface area contributed by atoms with Gasteiger partial charge in [0.2, 0.25) is 0 Å². The van der Waals surface area contributed by atoms with Crippen LogP contribution in [0.2, 0.25) is 0 Å². The fourth-order valence-electron chi connectivity index (χ4n) is 2.42. The Morgan fingerprint density at radius 1 is 1.13 bits per heavy atom. The number of alkyl halides is 3. The van der Waals surface area contributed by atoms with E-state index in [0.717, 1.165) is 12.1 Å². The summed E-state index contributed by atoms with van der Waals surface area (Å²) in [5.74, 6) is 1.14. The van der Waals surface area contributed by atoms with Gasteiger partial charge in [-0.05, 0) is 26.4 Å². The Hall–Kier alpha value is -2.00. The molecule has 9 heteroatoms. The van der Waals surface area contributed by atoms with Crippen LogP contribution in [0.3, 0.4) is 0 Å². The maximum atomic E-state index is 12.7. The van der Waals surface area contributed by atoms with Crippen LogP contribution in [0, 0.1) is 0 Å². The van der Waals surface area contributed by atoms with E-state index < -0.39 is 11.7 Å². The second-order valence-corrected chi connectivity index (χ2v) is 6.21. The van der Waals surface area contributed by atoms with E-state index in [1.807, 2.05) is 19.0 Å². The van der Waals surface area contributed by atoms with E-state index in [-0.39, 0.29) is 3.62 Å². The van der Waals surface area contributed by atoms with Gasteiger partial charge in [0, 0.05) is 14.1 Å². The molecular weight excluding hydrogens is 375 g/mol. The highest BCUT2D eigenvalue weighted by Gasteiger charge is 2.47. The first-order valence-electron chi connectivity index (χ1n) is 6.58. The lowest BCUT2D eigenvalue weighted by Gasteiger charge is -2.29. The zero-order valence-corrected chi connectivity index (χ0v) is 13.8. The van der Waals surface area contributed by atoms with Crippen LogP contribution in [0.4, 0.5) is 13.2 Å². The van der Waals surface area contributed by atoms with Crippen molar-refractivity contribution in [3.05, 3.63) is 41.2 Å². The number of hydrogen-bond donors (Lipinski definition) is 0. The average molecular weight is 387 g/mol. The number of benzene rings is 1. The van der Waals surface area contributed by atoms with E-state index in [9.17, 15) is 13.2 Å². The van der Waals surface area contributed by atoms with Crippen LogP contribution in [-0.4, -0.2) is 41.1 Å². The molecule has 0 N–H and O–H groups in total. The molecule has 0 saturated carbocycles. The predicted molar refractivity (Wildman–Crippen MR) is 85.7 cm³/mol. The highest BCUT2D eigenvalue weighted by Crippen LogP contribution is 2.39. The second-order valence-electron chi connectivity index (χ2n) is 5.18. The number of guanidine groups is 1. The Bertz CT molecular complexity index is 762. The molecule has 1 unspecified atom stereocenters. The first-order valence-corrected chi connectivity index (χ1v) is 7.29. The van der Waals surface area contributed by atoms with E-state index >= 15 is 0 Å². The molecule has 120 valence electrons. The number of fused-ring (bicyclic) bond motifs is 1. The molecule has 2 heterocycles. The molecule has 2 aliphatic heterocycles. The molecule has 0 aliphatic carbocycles. The maximum Gasteiger partial charge on any atom is 0.416 e. The lowest BCUT2D eigenvalue weighted by molar-refractivity contribution is -0.652. The normalized spacial score (nSPS) is 23.1. The number of rotatable bonds is 2. The lowest BCUT2D eigenvalue weighted by Crippen LogP contribution is -2.43. The summed E-state index contributed by atoms with van der Waals surface area (Å²) in [5, 5.41) is 4.26. The summed E-state index contributed by atoms with van der Waals surface area (Å²) in [6.45, 7) is 0. The minimum atomic E-state index is -4.36. The van der Waals surface area contributed by atoms with Crippen LogP contribution in [0.1, 0.15) is 11.1 Å². The van der Waals surface area contributed by atoms with Gasteiger partial charge in [0.1, 0.15) is 0 Å². The van der Waals surface area contributed by atoms with Crippen molar-refractivity contribution >= 4 is 40.2 Å². The number of halogens is 4. The van der Waals surface area contributed by atoms with Crippen LogP contribution in [-0.2, 0) is 6.18 Å². The average Bonchev–Trinajstić information content (AvgIpc) is 2.86. The Kier molecular flexibility index (Phi) is 3.64. The fourth-order valence-corrected chi connectivity index (χ4v) is 3.20. The van der Waals surface area contributed by atoms with Crippen LogP contribution in [0.15, 0.2) is 45.2 Å². The molecule has 0 radical (unpaired) electrons. The summed E-state index contributed by atoms with van der Waals surface area (Å²) in [6, 6.07) is 4.96. The van der Waals surface area contributed by atoms with Crippen molar-refractivity contribution in [3.63, 3.8) is 0 Å². The van der Waals surface area contributed by atoms with Gasteiger partial charge in [0.05, 0.1) is 17.4 Å². The number of nitrogens with zero attached hydrogens (tertiary/aromatic N) is 5. The third-order valence-corrected chi connectivity index (χ3v) is 4.26. The number of aliphatic imine (C=N–C) groups is 2. The van der Waals surface area contributed by atoms with Gasteiger partial charge in [-0.1, -0.05) is 12.1 Å². The number of hydrogen-bond acceptors (Lipinski definition) is 4. The van der Waals surface area contributed by atoms with Gasteiger partial charge in [-0.2, -0.15) is 23.2 Å². The monoisotopic (exact) mass is 386 g/mol. The van der Waals surface area contributed by atoms with Gasteiger partial charge in [-0.3, -0.25) is 0 Å². The molecule has 1 aromatic carbocycles. The predicted octanol–water partition coefficient (Wildman–Crippen LogP) is 3.46. The standard InChI is InChI=1S/C14H12BrF3N5/c1-22(2)12-11(7-19-13-20-8-21-23(12,13)15)9-3-5-10(6-4-9)14(16,17)18/h3-8H,1-2H3/q+1. The van der Waals surface area contributed by atoms with E-state index in [0.29, 0.717) is 22.9 Å². The zero-order chi connectivity index (χ0) is 16.8. The van der Waals surface area contributed by atoms with Crippen molar-refractivity contribution in [2.45, 2.75) is 6.18 Å². The fraction of sp³-hybridized carbons (Fsp3) is 0.214. The third kappa shape index (κ3) is 2.59. The van der Waals surface area contributed by atoms with Crippen molar-refractivity contribution in [1.82, 2.24) is 4.90 Å². The lowest BCUT2D eigenvalue weighted by atomic mass is 10.0. The van der Waals surface area contributed by atoms with Gasteiger partial charge < -0.3 is 4.90 Å². The van der Waals surface area contributed by atoms with E-state index in [1.54, 1.807) is 6.21 Å². The summed E-state index contributed by atoms with van der Waals surface area (Å²) >= 11 is 3.49. The SMILES string of the molecule is CN(C)C1=C(c2ccc(C(F)(F)F)cc2)C=NC2=NC=N[N+]21Br. The van der Waals surface area contributed by atoms with E-state index in [2.05, 4.69) is 31.2 Å². The molecule has 1 aromatic rings. The summed E-state index contributed by atoms with van der Waals surface area (Å²) < 4.78 is 38.0. The molecule has 0 aromatic heterocycles. The first kappa shape index (κ1) is 15.9. The van der Waals surface area contributed by atoms with Crippen LogP contribution < -0.4 is 0 Å². The highest BCUT2D eigenvalue weighted by atomic mass is 79.9. The first-order chi connectivity index (χ1) is 10.7. The molecule has 23 heavy (non-hydrogen) atoms. The quantitative estimate of drug-likeness (QED) is 0.717. The summed E-state index contributed by atoms with van der Waals surface area (Å²) in [6.07, 6.45) is -1.38. The molecule has 0 saturated heterocycles. The minimum Gasteiger partial charge on any atom is -0.330 e.